The van der Waals surface area contributed by atoms with E-state index in [9.17, 15) is 9.59 Å². The molecule has 1 aliphatic carbocycles. The second-order valence-corrected chi connectivity index (χ2v) is 7.87. The van der Waals surface area contributed by atoms with E-state index in [0.29, 0.717) is 6.54 Å². The zero-order valence-electron chi connectivity index (χ0n) is 15.7. The van der Waals surface area contributed by atoms with Gasteiger partial charge in [0.2, 0.25) is 11.8 Å². The molecule has 6 nitrogen and oxygen atoms in total. The van der Waals surface area contributed by atoms with Crippen molar-refractivity contribution in [3.05, 3.63) is 30.1 Å². The summed E-state index contributed by atoms with van der Waals surface area (Å²) < 4.78 is 0. The van der Waals surface area contributed by atoms with Crippen molar-refractivity contribution in [1.29, 1.82) is 0 Å². The smallest absolute Gasteiger partial charge is 0.241 e. The van der Waals surface area contributed by atoms with Gasteiger partial charge in [-0.15, -0.1) is 0 Å². The maximum Gasteiger partial charge on any atom is 0.241 e. The standard InChI is InChI=1S/C21H28N4O2/c26-19(13-22-21(27)15-7-2-1-3-8-15)25-12-6-9-16(14-25)20-23-17-10-4-5-11-18(17)24-20/h4-5,10-11,15-16H,1-3,6-9,12-14H2,(H,22,27)(H,23,24). The van der Waals surface area contributed by atoms with E-state index in [-0.39, 0.29) is 30.2 Å². The number of aromatic nitrogens is 2. The monoisotopic (exact) mass is 368 g/mol. The van der Waals surface area contributed by atoms with Crippen LogP contribution in [0, 0.1) is 5.92 Å². The summed E-state index contributed by atoms with van der Waals surface area (Å²) in [5, 5.41) is 2.87. The highest BCUT2D eigenvalue weighted by Crippen LogP contribution is 2.27. The Kier molecular flexibility index (Phi) is 5.41. The maximum absolute atomic E-state index is 12.6. The number of aromatic amines is 1. The van der Waals surface area contributed by atoms with E-state index in [1.165, 1.54) is 6.42 Å². The number of carbonyl (C=O) groups is 2. The second kappa shape index (κ2) is 8.11. The minimum absolute atomic E-state index is 0.0139. The summed E-state index contributed by atoms with van der Waals surface area (Å²) in [7, 11) is 0. The van der Waals surface area contributed by atoms with Gasteiger partial charge in [-0.1, -0.05) is 31.4 Å². The number of nitrogens with one attached hydrogen (secondary N) is 2. The van der Waals surface area contributed by atoms with Crippen LogP contribution in [0.3, 0.4) is 0 Å². The van der Waals surface area contributed by atoms with Gasteiger partial charge in [-0.25, -0.2) is 4.98 Å². The van der Waals surface area contributed by atoms with E-state index in [1.54, 1.807) is 0 Å². The molecule has 1 unspecified atom stereocenters. The van der Waals surface area contributed by atoms with Crippen LogP contribution in [0.5, 0.6) is 0 Å². The van der Waals surface area contributed by atoms with E-state index >= 15 is 0 Å². The first-order valence-corrected chi connectivity index (χ1v) is 10.2. The summed E-state index contributed by atoms with van der Waals surface area (Å²) in [6.45, 7) is 1.54. The average molecular weight is 368 g/mol. The number of amides is 2. The van der Waals surface area contributed by atoms with Crippen LogP contribution in [-0.2, 0) is 9.59 Å². The molecule has 2 heterocycles. The Hall–Kier alpha value is -2.37. The highest BCUT2D eigenvalue weighted by molar-refractivity contribution is 5.86. The highest BCUT2D eigenvalue weighted by Gasteiger charge is 2.27. The van der Waals surface area contributed by atoms with Crippen molar-refractivity contribution in [3.8, 4) is 0 Å². The summed E-state index contributed by atoms with van der Waals surface area (Å²) in [6, 6.07) is 8.01. The van der Waals surface area contributed by atoms with Crippen molar-refractivity contribution in [2.45, 2.75) is 50.9 Å². The fourth-order valence-electron chi connectivity index (χ4n) is 4.38. The van der Waals surface area contributed by atoms with Gasteiger partial charge in [0.1, 0.15) is 5.82 Å². The van der Waals surface area contributed by atoms with Gasteiger partial charge in [-0.3, -0.25) is 9.59 Å². The lowest BCUT2D eigenvalue weighted by atomic mass is 9.89. The Morgan fingerprint density at radius 2 is 1.93 bits per heavy atom. The molecule has 144 valence electrons. The number of nitrogens with zero attached hydrogens (tertiary/aromatic N) is 2. The van der Waals surface area contributed by atoms with Gasteiger partial charge in [-0.2, -0.15) is 0 Å². The molecular formula is C21H28N4O2. The highest BCUT2D eigenvalue weighted by atomic mass is 16.2. The second-order valence-electron chi connectivity index (χ2n) is 7.87. The minimum atomic E-state index is 0.0139. The molecule has 1 aliphatic heterocycles. The number of benzene rings is 1. The predicted octanol–water partition coefficient (Wildman–Crippen LogP) is 2.97. The molecule has 1 saturated heterocycles. The van der Waals surface area contributed by atoms with Gasteiger partial charge in [0.15, 0.2) is 0 Å². The summed E-state index contributed by atoms with van der Waals surface area (Å²) >= 11 is 0. The third-order valence-corrected chi connectivity index (χ3v) is 5.96. The average Bonchev–Trinajstić information content (AvgIpc) is 3.17. The molecule has 2 fully saturated rings. The maximum atomic E-state index is 12.6. The first kappa shape index (κ1) is 18.0. The number of piperidine rings is 1. The largest absolute Gasteiger partial charge is 0.347 e. The van der Waals surface area contributed by atoms with Crippen LogP contribution in [0.25, 0.3) is 11.0 Å². The lowest BCUT2D eigenvalue weighted by Gasteiger charge is -2.32. The SMILES string of the molecule is O=C(NCC(=O)N1CCCC(c2nc3ccccc3[nH]2)C1)C1CCCCC1. The number of hydrogen-bond acceptors (Lipinski definition) is 3. The molecule has 2 aliphatic rings. The predicted molar refractivity (Wildman–Crippen MR) is 104 cm³/mol. The Morgan fingerprint density at radius 1 is 1.11 bits per heavy atom. The fraction of sp³-hybridized carbons (Fsp3) is 0.571. The molecule has 27 heavy (non-hydrogen) atoms. The molecule has 0 radical (unpaired) electrons. The lowest BCUT2D eigenvalue weighted by molar-refractivity contribution is -0.135. The summed E-state index contributed by atoms with van der Waals surface area (Å²) in [5.41, 5.74) is 2.01. The van der Waals surface area contributed by atoms with E-state index in [0.717, 1.165) is 61.9 Å². The number of likely N-dealkylation sites (tertiary alicyclic amines) is 1. The summed E-state index contributed by atoms with van der Waals surface area (Å²) in [6.07, 6.45) is 7.37. The van der Waals surface area contributed by atoms with Gasteiger partial charge in [0.25, 0.3) is 0 Å². The van der Waals surface area contributed by atoms with Crippen molar-refractivity contribution in [1.82, 2.24) is 20.2 Å². The van der Waals surface area contributed by atoms with Crippen molar-refractivity contribution in [2.75, 3.05) is 19.6 Å². The van der Waals surface area contributed by atoms with E-state index in [1.807, 2.05) is 29.2 Å². The van der Waals surface area contributed by atoms with Gasteiger partial charge in [0, 0.05) is 24.9 Å². The summed E-state index contributed by atoms with van der Waals surface area (Å²) in [4.78, 5) is 34.9. The fourth-order valence-corrected chi connectivity index (χ4v) is 4.38. The molecular weight excluding hydrogens is 340 g/mol. The number of carbonyl (C=O) groups excluding carboxylic acids is 2. The quantitative estimate of drug-likeness (QED) is 0.871. The summed E-state index contributed by atoms with van der Waals surface area (Å²) in [5.74, 6) is 1.34. The molecule has 2 N–H and O–H groups in total. The minimum Gasteiger partial charge on any atom is -0.347 e. The Balaban J connectivity index is 1.33. The molecule has 0 spiro atoms. The van der Waals surface area contributed by atoms with Crippen molar-refractivity contribution >= 4 is 22.8 Å². The van der Waals surface area contributed by atoms with Crippen molar-refractivity contribution < 1.29 is 9.59 Å². The Bertz CT molecular complexity index is 776. The number of fused-ring (bicyclic) bond motifs is 1. The molecule has 6 heteroatoms. The van der Waals surface area contributed by atoms with Gasteiger partial charge in [0.05, 0.1) is 17.6 Å². The van der Waals surface area contributed by atoms with Gasteiger partial charge in [-0.05, 0) is 37.8 Å². The van der Waals surface area contributed by atoms with Crippen LogP contribution in [0.1, 0.15) is 56.7 Å². The van der Waals surface area contributed by atoms with E-state index < -0.39 is 0 Å². The Labute approximate surface area is 159 Å². The third kappa shape index (κ3) is 4.15. The van der Waals surface area contributed by atoms with Crippen LogP contribution in [0.15, 0.2) is 24.3 Å². The number of hydrogen-bond donors (Lipinski definition) is 2. The zero-order chi connectivity index (χ0) is 18.6. The molecule has 4 rings (SSSR count). The number of para-hydroxylation sites is 2. The number of rotatable bonds is 4. The van der Waals surface area contributed by atoms with Crippen LogP contribution in [0.2, 0.25) is 0 Å². The van der Waals surface area contributed by atoms with E-state index in [4.69, 9.17) is 4.98 Å². The van der Waals surface area contributed by atoms with Crippen molar-refractivity contribution in [3.63, 3.8) is 0 Å². The number of H-pyrrole nitrogens is 1. The Morgan fingerprint density at radius 3 is 2.74 bits per heavy atom. The molecule has 1 atom stereocenters. The molecule has 2 amide bonds. The van der Waals surface area contributed by atoms with Gasteiger partial charge >= 0.3 is 0 Å². The third-order valence-electron chi connectivity index (χ3n) is 5.96. The molecule has 1 aromatic carbocycles. The normalized spacial score (nSPS) is 21.3. The molecule has 0 bridgehead atoms. The first-order valence-electron chi connectivity index (χ1n) is 10.2. The molecule has 2 aromatic rings. The van der Waals surface area contributed by atoms with Crippen LogP contribution >= 0.6 is 0 Å². The molecule has 1 aromatic heterocycles. The van der Waals surface area contributed by atoms with Crippen molar-refractivity contribution in [2.24, 2.45) is 5.92 Å². The first-order chi connectivity index (χ1) is 13.2. The van der Waals surface area contributed by atoms with E-state index in [2.05, 4.69) is 10.3 Å². The van der Waals surface area contributed by atoms with Crippen LogP contribution < -0.4 is 5.32 Å². The molecule has 1 saturated carbocycles. The topological polar surface area (TPSA) is 78.1 Å². The lowest BCUT2D eigenvalue weighted by Crippen LogP contribution is -2.45. The van der Waals surface area contributed by atoms with Crippen LogP contribution in [-0.4, -0.2) is 46.3 Å². The number of imidazole rings is 1. The van der Waals surface area contributed by atoms with Crippen LogP contribution in [0.4, 0.5) is 0 Å². The zero-order valence-corrected chi connectivity index (χ0v) is 15.7. The van der Waals surface area contributed by atoms with Gasteiger partial charge < -0.3 is 15.2 Å².